The van der Waals surface area contributed by atoms with Crippen molar-refractivity contribution >= 4 is 11.6 Å². The summed E-state index contributed by atoms with van der Waals surface area (Å²) in [6.07, 6.45) is 1.71. The van der Waals surface area contributed by atoms with Crippen molar-refractivity contribution < 1.29 is 9.53 Å². The first-order valence-electron chi connectivity index (χ1n) is 6.66. The summed E-state index contributed by atoms with van der Waals surface area (Å²) in [6.45, 7) is 4.70. The van der Waals surface area contributed by atoms with Gasteiger partial charge in [0.1, 0.15) is 12.4 Å². The topological polar surface area (TPSA) is 64.3 Å². The minimum absolute atomic E-state index is 0.437. The van der Waals surface area contributed by atoms with Crippen molar-refractivity contribution in [2.45, 2.75) is 6.54 Å². The third-order valence-corrected chi connectivity index (χ3v) is 2.96. The van der Waals surface area contributed by atoms with E-state index >= 15 is 0 Å². The van der Waals surface area contributed by atoms with E-state index in [2.05, 4.69) is 11.9 Å². The van der Waals surface area contributed by atoms with Crippen LogP contribution < -0.4 is 15.8 Å². The van der Waals surface area contributed by atoms with Crippen molar-refractivity contribution in [2.24, 2.45) is 5.73 Å². The van der Waals surface area contributed by atoms with Gasteiger partial charge < -0.3 is 15.8 Å². The largest absolute Gasteiger partial charge is 0.489 e. The molecule has 0 spiro atoms. The van der Waals surface area contributed by atoms with E-state index in [0.29, 0.717) is 18.7 Å². The van der Waals surface area contributed by atoms with Gasteiger partial charge in [0, 0.05) is 23.4 Å². The summed E-state index contributed by atoms with van der Waals surface area (Å²) in [5, 5.41) is 3.26. The van der Waals surface area contributed by atoms with E-state index in [-0.39, 0.29) is 0 Å². The van der Waals surface area contributed by atoms with Crippen LogP contribution in [0.3, 0.4) is 0 Å². The number of rotatable bonds is 7. The molecule has 3 N–H and O–H groups in total. The van der Waals surface area contributed by atoms with E-state index in [1.54, 1.807) is 24.3 Å². The van der Waals surface area contributed by atoms with Crippen LogP contribution in [0, 0.1) is 0 Å². The number of para-hydroxylation sites is 1. The minimum Gasteiger partial charge on any atom is -0.489 e. The van der Waals surface area contributed by atoms with Crippen molar-refractivity contribution in [2.75, 3.05) is 11.9 Å². The Morgan fingerprint density at radius 3 is 2.81 bits per heavy atom. The fourth-order valence-electron chi connectivity index (χ4n) is 1.92. The van der Waals surface area contributed by atoms with Gasteiger partial charge in [0.2, 0.25) is 5.91 Å². The fourth-order valence-corrected chi connectivity index (χ4v) is 1.92. The van der Waals surface area contributed by atoms with Crippen molar-refractivity contribution in [1.82, 2.24) is 0 Å². The van der Waals surface area contributed by atoms with Gasteiger partial charge in [0.25, 0.3) is 0 Å². The Labute approximate surface area is 124 Å². The molecule has 0 saturated carbocycles. The SMILES string of the molecule is C=CCOc1ccccc1CNc1cccc(C(N)=O)c1. The van der Waals surface area contributed by atoms with Crippen LogP contribution in [-0.4, -0.2) is 12.5 Å². The first-order chi connectivity index (χ1) is 10.2. The van der Waals surface area contributed by atoms with Crippen LogP contribution in [0.1, 0.15) is 15.9 Å². The Hall–Kier alpha value is -2.75. The molecule has 0 aliphatic rings. The second-order valence-electron chi connectivity index (χ2n) is 4.51. The fraction of sp³-hybridized carbons (Fsp3) is 0.118. The third kappa shape index (κ3) is 4.11. The number of amides is 1. The Kier molecular flexibility index (Phi) is 4.99. The highest BCUT2D eigenvalue weighted by Crippen LogP contribution is 2.20. The highest BCUT2D eigenvalue weighted by atomic mass is 16.5. The standard InChI is InChI=1S/C17H18N2O2/c1-2-10-21-16-9-4-3-6-14(16)12-19-15-8-5-7-13(11-15)17(18)20/h2-9,11,19H,1,10,12H2,(H2,18,20). The lowest BCUT2D eigenvalue weighted by atomic mass is 10.1. The average Bonchev–Trinajstić information content (AvgIpc) is 2.52. The molecule has 4 nitrogen and oxygen atoms in total. The molecular weight excluding hydrogens is 264 g/mol. The second-order valence-corrected chi connectivity index (χ2v) is 4.51. The molecule has 0 aliphatic heterocycles. The smallest absolute Gasteiger partial charge is 0.248 e. The van der Waals surface area contributed by atoms with Crippen LogP contribution in [0.4, 0.5) is 5.69 Å². The number of ether oxygens (including phenoxy) is 1. The Balaban J connectivity index is 2.07. The maximum absolute atomic E-state index is 11.2. The molecule has 21 heavy (non-hydrogen) atoms. The van der Waals surface area contributed by atoms with E-state index in [0.717, 1.165) is 17.0 Å². The second kappa shape index (κ2) is 7.14. The number of carbonyl (C=O) groups excluding carboxylic acids is 1. The lowest BCUT2D eigenvalue weighted by Gasteiger charge is -2.12. The third-order valence-electron chi connectivity index (χ3n) is 2.96. The predicted octanol–water partition coefficient (Wildman–Crippen LogP) is 2.96. The number of primary amides is 1. The van der Waals surface area contributed by atoms with E-state index in [1.165, 1.54) is 0 Å². The molecule has 0 radical (unpaired) electrons. The zero-order valence-electron chi connectivity index (χ0n) is 11.7. The molecule has 2 aromatic carbocycles. The summed E-state index contributed by atoms with van der Waals surface area (Å²) >= 11 is 0. The molecule has 0 bridgehead atoms. The minimum atomic E-state index is -0.437. The number of hydrogen-bond donors (Lipinski definition) is 2. The van der Waals surface area contributed by atoms with Gasteiger partial charge in [-0.05, 0) is 24.3 Å². The molecule has 0 aliphatic carbocycles. The molecule has 0 aromatic heterocycles. The Morgan fingerprint density at radius 2 is 2.05 bits per heavy atom. The highest BCUT2D eigenvalue weighted by molar-refractivity contribution is 5.93. The number of nitrogens with one attached hydrogen (secondary N) is 1. The van der Waals surface area contributed by atoms with Crippen molar-refractivity contribution in [3.05, 3.63) is 72.3 Å². The van der Waals surface area contributed by atoms with Crippen molar-refractivity contribution in [3.63, 3.8) is 0 Å². The molecule has 4 heteroatoms. The van der Waals surface area contributed by atoms with Gasteiger partial charge in [-0.1, -0.05) is 36.9 Å². The van der Waals surface area contributed by atoms with Crippen LogP contribution in [0.5, 0.6) is 5.75 Å². The van der Waals surface area contributed by atoms with Crippen LogP contribution in [0.25, 0.3) is 0 Å². The zero-order valence-corrected chi connectivity index (χ0v) is 11.7. The Bertz CT molecular complexity index is 638. The average molecular weight is 282 g/mol. The van der Waals surface area contributed by atoms with E-state index in [9.17, 15) is 4.79 Å². The van der Waals surface area contributed by atoms with Gasteiger partial charge in [-0.2, -0.15) is 0 Å². The Morgan fingerprint density at radius 1 is 1.24 bits per heavy atom. The lowest BCUT2D eigenvalue weighted by molar-refractivity contribution is 0.100. The summed E-state index contributed by atoms with van der Waals surface area (Å²) in [4.78, 5) is 11.2. The molecule has 0 saturated heterocycles. The van der Waals surface area contributed by atoms with Gasteiger partial charge in [0.15, 0.2) is 0 Å². The molecule has 0 heterocycles. The molecule has 2 rings (SSSR count). The molecule has 2 aromatic rings. The number of benzene rings is 2. The molecular formula is C17H18N2O2. The van der Waals surface area contributed by atoms with Crippen LogP contribution >= 0.6 is 0 Å². The number of carbonyl (C=O) groups is 1. The maximum atomic E-state index is 11.2. The summed E-state index contributed by atoms with van der Waals surface area (Å²) in [5.74, 6) is 0.379. The highest BCUT2D eigenvalue weighted by Gasteiger charge is 2.04. The van der Waals surface area contributed by atoms with Gasteiger partial charge in [0.05, 0.1) is 0 Å². The van der Waals surface area contributed by atoms with Crippen LogP contribution in [0.15, 0.2) is 61.2 Å². The first-order valence-corrected chi connectivity index (χ1v) is 6.66. The van der Waals surface area contributed by atoms with Crippen molar-refractivity contribution in [3.8, 4) is 5.75 Å². The zero-order chi connectivity index (χ0) is 15.1. The van der Waals surface area contributed by atoms with Gasteiger partial charge in [-0.25, -0.2) is 0 Å². The molecule has 108 valence electrons. The molecule has 0 unspecified atom stereocenters. The van der Waals surface area contributed by atoms with Crippen molar-refractivity contribution in [1.29, 1.82) is 0 Å². The summed E-state index contributed by atoms with van der Waals surface area (Å²) in [5.41, 5.74) is 7.62. The molecule has 1 amide bonds. The normalized spacial score (nSPS) is 9.90. The quantitative estimate of drug-likeness (QED) is 0.767. The van der Waals surface area contributed by atoms with Gasteiger partial charge in [-0.15, -0.1) is 0 Å². The number of nitrogens with two attached hydrogens (primary N) is 1. The van der Waals surface area contributed by atoms with E-state index in [1.807, 2.05) is 30.3 Å². The summed E-state index contributed by atoms with van der Waals surface area (Å²) in [7, 11) is 0. The van der Waals surface area contributed by atoms with E-state index < -0.39 is 5.91 Å². The monoisotopic (exact) mass is 282 g/mol. The molecule has 0 atom stereocenters. The van der Waals surface area contributed by atoms with Gasteiger partial charge in [-0.3, -0.25) is 4.79 Å². The predicted molar refractivity (Wildman–Crippen MR) is 84.4 cm³/mol. The summed E-state index contributed by atoms with van der Waals surface area (Å²) < 4.78 is 5.60. The van der Waals surface area contributed by atoms with Crippen LogP contribution in [-0.2, 0) is 6.54 Å². The number of hydrogen-bond acceptors (Lipinski definition) is 3. The first kappa shape index (κ1) is 14.7. The number of anilines is 1. The lowest BCUT2D eigenvalue weighted by Crippen LogP contribution is -2.11. The van der Waals surface area contributed by atoms with E-state index in [4.69, 9.17) is 10.5 Å². The maximum Gasteiger partial charge on any atom is 0.248 e. The summed E-state index contributed by atoms with van der Waals surface area (Å²) in [6, 6.07) is 14.9. The molecule has 0 fully saturated rings. The van der Waals surface area contributed by atoms with Crippen LogP contribution in [0.2, 0.25) is 0 Å². The van der Waals surface area contributed by atoms with Gasteiger partial charge >= 0.3 is 0 Å².